The fraction of sp³-hybridized carbons (Fsp3) is 0.632. The number of nitrogens with one attached hydrogen (secondary N) is 1. The Morgan fingerprint density at radius 2 is 2.21 bits per heavy atom. The Balaban J connectivity index is 1.32. The van der Waals surface area contributed by atoms with Crippen molar-refractivity contribution in [3.8, 4) is 5.75 Å². The Bertz CT molecular complexity index is 851. The molecule has 0 saturated carbocycles. The number of ether oxygens (including phenoxy) is 1. The maximum absolute atomic E-state index is 15.3. The molecule has 1 aromatic rings. The standard InChI is InChI=1S/C19H24FN3O4S/c20-18-14-9-22(6-4-12-7-13-1-2-16(12)27-13)5-3-11(14)8-15(24)19(18)23-10-17(25)21-28(23)26/h8,12-13,16,24H,1-7,9-10H2,(H,21,25). The molecule has 2 N–H and O–H groups in total. The number of rotatable bonds is 4. The summed E-state index contributed by atoms with van der Waals surface area (Å²) in [5.74, 6) is -0.699. The number of aromatic hydroxyl groups is 1. The van der Waals surface area contributed by atoms with E-state index in [-0.39, 0.29) is 18.0 Å². The van der Waals surface area contributed by atoms with Crippen molar-refractivity contribution in [2.75, 3.05) is 23.9 Å². The van der Waals surface area contributed by atoms with Gasteiger partial charge in [0.05, 0.1) is 12.2 Å². The number of phenolic OH excluding ortho intramolecular Hbond substituents is 1. The molecule has 3 saturated heterocycles. The lowest BCUT2D eigenvalue weighted by molar-refractivity contribution is -0.117. The zero-order chi connectivity index (χ0) is 19.4. The first-order valence-corrected chi connectivity index (χ1v) is 11.0. The van der Waals surface area contributed by atoms with Crippen LogP contribution >= 0.6 is 0 Å². The summed E-state index contributed by atoms with van der Waals surface area (Å²) >= 11 is -1.87. The number of nitrogens with zero attached hydrogens (tertiary/aromatic N) is 2. The predicted molar refractivity (Wildman–Crippen MR) is 101 cm³/mol. The van der Waals surface area contributed by atoms with Crippen LogP contribution in [0.25, 0.3) is 0 Å². The van der Waals surface area contributed by atoms with Gasteiger partial charge >= 0.3 is 0 Å². The summed E-state index contributed by atoms with van der Waals surface area (Å²) in [6.45, 7) is 1.94. The summed E-state index contributed by atoms with van der Waals surface area (Å²) in [4.78, 5) is 13.7. The highest BCUT2D eigenvalue weighted by atomic mass is 32.2. The second-order valence-corrected chi connectivity index (χ2v) is 9.33. The topological polar surface area (TPSA) is 82.1 Å². The fourth-order valence-electron chi connectivity index (χ4n) is 5.05. The number of hydrogen-bond acceptors (Lipinski definition) is 5. The predicted octanol–water partition coefficient (Wildman–Crippen LogP) is 1.36. The first kappa shape index (κ1) is 18.3. The monoisotopic (exact) mass is 409 g/mol. The van der Waals surface area contributed by atoms with E-state index in [1.54, 1.807) is 6.07 Å². The smallest absolute Gasteiger partial charge is 0.253 e. The molecule has 1 amide bonds. The summed E-state index contributed by atoms with van der Waals surface area (Å²) in [6.07, 6.45) is 6.05. The summed E-state index contributed by atoms with van der Waals surface area (Å²) < 4.78 is 36.6. The van der Waals surface area contributed by atoms with Crippen LogP contribution in [0.1, 0.15) is 36.8 Å². The van der Waals surface area contributed by atoms with Crippen LogP contribution < -0.4 is 9.03 Å². The van der Waals surface area contributed by atoms with Gasteiger partial charge in [0.25, 0.3) is 5.91 Å². The average molecular weight is 409 g/mol. The van der Waals surface area contributed by atoms with Gasteiger partial charge in [-0.3, -0.25) is 18.7 Å². The lowest BCUT2D eigenvalue weighted by Gasteiger charge is -2.32. The number of amides is 1. The second-order valence-electron chi connectivity index (χ2n) is 8.19. The van der Waals surface area contributed by atoms with Crippen molar-refractivity contribution in [2.24, 2.45) is 5.92 Å². The highest BCUT2D eigenvalue weighted by molar-refractivity contribution is 7.85. The van der Waals surface area contributed by atoms with Crippen LogP contribution in [-0.4, -0.2) is 52.0 Å². The molecule has 1 aromatic carbocycles. The third-order valence-corrected chi connectivity index (χ3v) is 7.59. The lowest BCUT2D eigenvalue weighted by atomic mass is 9.86. The largest absolute Gasteiger partial charge is 0.506 e. The molecule has 4 aliphatic rings. The van der Waals surface area contributed by atoms with Crippen molar-refractivity contribution in [3.05, 3.63) is 23.0 Å². The first-order chi connectivity index (χ1) is 13.5. The molecule has 28 heavy (non-hydrogen) atoms. The zero-order valence-electron chi connectivity index (χ0n) is 15.5. The maximum atomic E-state index is 15.3. The minimum Gasteiger partial charge on any atom is -0.506 e. The summed E-state index contributed by atoms with van der Waals surface area (Å²) in [5, 5.41) is 10.3. The number of anilines is 1. The molecule has 5 rings (SSSR count). The van der Waals surface area contributed by atoms with Crippen LogP contribution in [0.4, 0.5) is 10.1 Å². The highest BCUT2D eigenvalue weighted by Gasteiger charge is 2.40. The van der Waals surface area contributed by atoms with Crippen LogP contribution in [0.15, 0.2) is 6.07 Å². The Morgan fingerprint density at radius 1 is 1.36 bits per heavy atom. The Labute approximate surface area is 165 Å². The molecular formula is C19H24FN3O4S. The van der Waals surface area contributed by atoms with Gasteiger partial charge in [-0.15, -0.1) is 0 Å². The number of hydrogen-bond donors (Lipinski definition) is 2. The molecule has 4 heterocycles. The number of halogens is 1. The molecule has 3 fully saturated rings. The van der Waals surface area contributed by atoms with Gasteiger partial charge in [-0.25, -0.2) is 8.60 Å². The van der Waals surface area contributed by atoms with E-state index in [0.717, 1.165) is 42.2 Å². The van der Waals surface area contributed by atoms with E-state index in [4.69, 9.17) is 4.74 Å². The van der Waals surface area contributed by atoms with E-state index in [0.29, 0.717) is 36.7 Å². The average Bonchev–Trinajstić information content (AvgIpc) is 3.36. The fourth-order valence-corrected chi connectivity index (χ4v) is 5.99. The van der Waals surface area contributed by atoms with Crippen LogP contribution in [0.2, 0.25) is 0 Å². The molecular weight excluding hydrogens is 385 g/mol. The van der Waals surface area contributed by atoms with Crippen LogP contribution in [0, 0.1) is 11.7 Å². The van der Waals surface area contributed by atoms with Crippen LogP contribution in [0.5, 0.6) is 5.75 Å². The first-order valence-electron chi connectivity index (χ1n) is 9.89. The molecule has 4 unspecified atom stereocenters. The van der Waals surface area contributed by atoms with E-state index in [9.17, 15) is 14.1 Å². The quantitative estimate of drug-likeness (QED) is 0.785. The van der Waals surface area contributed by atoms with Crippen molar-refractivity contribution in [1.29, 1.82) is 0 Å². The van der Waals surface area contributed by atoms with E-state index >= 15 is 4.39 Å². The third kappa shape index (κ3) is 3.09. The molecule has 0 radical (unpaired) electrons. The molecule has 2 bridgehead atoms. The van der Waals surface area contributed by atoms with Crippen LogP contribution in [0.3, 0.4) is 0 Å². The molecule has 0 aromatic heterocycles. The lowest BCUT2D eigenvalue weighted by Crippen LogP contribution is -2.34. The van der Waals surface area contributed by atoms with Crippen molar-refractivity contribution < 1.29 is 23.2 Å². The molecule has 4 aliphatic heterocycles. The number of phenols is 1. The van der Waals surface area contributed by atoms with Gasteiger partial charge in [0.1, 0.15) is 18.0 Å². The minimum atomic E-state index is -1.87. The van der Waals surface area contributed by atoms with Gasteiger partial charge in [-0.2, -0.15) is 0 Å². The van der Waals surface area contributed by atoms with Crippen molar-refractivity contribution in [3.63, 3.8) is 0 Å². The second kappa shape index (κ2) is 6.96. The Morgan fingerprint density at radius 3 is 2.89 bits per heavy atom. The highest BCUT2D eigenvalue weighted by Crippen LogP contribution is 2.41. The normalized spacial score (nSPS) is 32.0. The van der Waals surface area contributed by atoms with Crippen molar-refractivity contribution in [2.45, 2.75) is 50.9 Å². The molecule has 152 valence electrons. The van der Waals surface area contributed by atoms with E-state index in [2.05, 4.69) is 9.62 Å². The molecule has 7 nitrogen and oxygen atoms in total. The summed E-state index contributed by atoms with van der Waals surface area (Å²) in [6, 6.07) is 1.55. The molecule has 4 atom stereocenters. The van der Waals surface area contributed by atoms with Crippen LogP contribution in [-0.2, 0) is 33.7 Å². The molecule has 0 spiro atoms. The number of fused-ring (bicyclic) bond motifs is 3. The number of carbonyl (C=O) groups is 1. The van der Waals surface area contributed by atoms with Crippen molar-refractivity contribution >= 4 is 22.8 Å². The van der Waals surface area contributed by atoms with E-state index < -0.39 is 22.9 Å². The maximum Gasteiger partial charge on any atom is 0.253 e. The van der Waals surface area contributed by atoms with Gasteiger partial charge < -0.3 is 9.84 Å². The third-order valence-electron chi connectivity index (χ3n) is 6.48. The van der Waals surface area contributed by atoms with E-state index in [1.807, 2.05) is 0 Å². The van der Waals surface area contributed by atoms with Gasteiger partial charge in [-0.05, 0) is 56.2 Å². The van der Waals surface area contributed by atoms with Gasteiger partial charge in [0.15, 0.2) is 5.82 Å². The van der Waals surface area contributed by atoms with E-state index in [1.165, 1.54) is 6.42 Å². The van der Waals surface area contributed by atoms with Gasteiger partial charge in [-0.1, -0.05) is 0 Å². The van der Waals surface area contributed by atoms with Gasteiger partial charge in [0, 0.05) is 18.7 Å². The molecule has 9 heteroatoms. The SMILES string of the molecule is O=C1CN(c2c(O)cc3c(c2F)CN(CCC2CC4CCC2O4)CC3)S(=O)N1. The summed E-state index contributed by atoms with van der Waals surface area (Å²) in [7, 11) is 0. The van der Waals surface area contributed by atoms with Gasteiger partial charge in [0.2, 0.25) is 11.2 Å². The summed E-state index contributed by atoms with van der Waals surface area (Å²) in [5.41, 5.74) is 1.15. The minimum absolute atomic E-state index is 0.154. The zero-order valence-corrected chi connectivity index (χ0v) is 16.3. The number of carbonyl (C=O) groups excluding carboxylic acids is 1. The Kier molecular flexibility index (Phi) is 4.56. The Hall–Kier alpha value is -1.71. The molecule has 0 aliphatic carbocycles. The van der Waals surface area contributed by atoms with Crippen molar-refractivity contribution in [1.82, 2.24) is 9.62 Å². The number of benzene rings is 1.